The van der Waals surface area contributed by atoms with E-state index in [4.69, 9.17) is 23.2 Å². The van der Waals surface area contributed by atoms with Crippen molar-refractivity contribution in [1.82, 2.24) is 14.8 Å². The first kappa shape index (κ1) is 19.6. The smallest absolute Gasteiger partial charge is 0.265 e. The van der Waals surface area contributed by atoms with Crippen molar-refractivity contribution < 1.29 is 9.59 Å². The molecule has 3 aromatic rings. The lowest BCUT2D eigenvalue weighted by Crippen LogP contribution is -2.50. The van der Waals surface area contributed by atoms with Gasteiger partial charge in [-0.1, -0.05) is 29.3 Å². The van der Waals surface area contributed by atoms with Crippen LogP contribution in [-0.2, 0) is 4.79 Å². The fourth-order valence-corrected chi connectivity index (χ4v) is 5.38. The van der Waals surface area contributed by atoms with E-state index in [0.29, 0.717) is 46.2 Å². The zero-order valence-corrected chi connectivity index (χ0v) is 17.8. The van der Waals surface area contributed by atoms with Crippen LogP contribution in [0.1, 0.15) is 9.67 Å². The number of fused-ring (bicyclic) bond motifs is 1. The van der Waals surface area contributed by atoms with Crippen molar-refractivity contribution in [2.45, 2.75) is 0 Å². The number of nitrogens with zero attached hydrogens (tertiary/aromatic N) is 3. The first-order valence-electron chi connectivity index (χ1n) is 8.60. The lowest BCUT2D eigenvalue weighted by Gasteiger charge is -2.34. The van der Waals surface area contributed by atoms with Gasteiger partial charge in [0.05, 0.1) is 11.6 Å². The molecule has 146 valence electrons. The third-order valence-electron chi connectivity index (χ3n) is 4.49. The SMILES string of the molecule is O=C(CN1CCN(C(=O)c2sc3cc(Cl)ccc3c2Cl)CC1)Nc1nccs1. The van der Waals surface area contributed by atoms with Gasteiger partial charge in [0.25, 0.3) is 5.91 Å². The summed E-state index contributed by atoms with van der Waals surface area (Å²) in [5.41, 5.74) is 0. The number of hydrogen-bond acceptors (Lipinski definition) is 6. The summed E-state index contributed by atoms with van der Waals surface area (Å²) in [6, 6.07) is 5.43. The Bertz CT molecular complexity index is 1010. The number of hydrogen-bond donors (Lipinski definition) is 1. The number of halogens is 2. The van der Waals surface area contributed by atoms with Crippen LogP contribution in [0.3, 0.4) is 0 Å². The van der Waals surface area contributed by atoms with Crippen LogP contribution in [0, 0.1) is 0 Å². The molecule has 2 aromatic heterocycles. The van der Waals surface area contributed by atoms with Crippen LogP contribution in [0.4, 0.5) is 5.13 Å². The Kier molecular flexibility index (Phi) is 5.84. The third-order valence-corrected chi connectivity index (χ3v) is 7.06. The first-order valence-corrected chi connectivity index (χ1v) is 11.0. The van der Waals surface area contributed by atoms with E-state index >= 15 is 0 Å². The number of carbonyl (C=O) groups excluding carboxylic acids is 2. The van der Waals surface area contributed by atoms with Crippen molar-refractivity contribution in [2.75, 3.05) is 38.0 Å². The summed E-state index contributed by atoms with van der Waals surface area (Å²) in [7, 11) is 0. The molecule has 1 saturated heterocycles. The largest absolute Gasteiger partial charge is 0.335 e. The zero-order valence-electron chi connectivity index (χ0n) is 14.7. The van der Waals surface area contributed by atoms with E-state index < -0.39 is 0 Å². The average molecular weight is 455 g/mol. The maximum absolute atomic E-state index is 12.9. The molecule has 0 bridgehead atoms. The minimum atomic E-state index is -0.0980. The number of aromatic nitrogens is 1. The minimum absolute atomic E-state index is 0.0748. The van der Waals surface area contributed by atoms with Crippen molar-refractivity contribution in [3.63, 3.8) is 0 Å². The molecule has 1 aliphatic rings. The monoisotopic (exact) mass is 454 g/mol. The maximum Gasteiger partial charge on any atom is 0.265 e. The molecular formula is C18H16Cl2N4O2S2. The Morgan fingerprint density at radius 3 is 2.68 bits per heavy atom. The highest BCUT2D eigenvalue weighted by Gasteiger charge is 2.26. The van der Waals surface area contributed by atoms with Crippen LogP contribution in [-0.4, -0.2) is 59.3 Å². The molecule has 1 fully saturated rings. The summed E-state index contributed by atoms with van der Waals surface area (Å²) in [6.45, 7) is 2.64. The molecule has 0 unspecified atom stereocenters. The Morgan fingerprint density at radius 1 is 1.18 bits per heavy atom. The average Bonchev–Trinajstić information content (AvgIpc) is 3.29. The van der Waals surface area contributed by atoms with Crippen LogP contribution in [0.5, 0.6) is 0 Å². The number of rotatable bonds is 4. The van der Waals surface area contributed by atoms with E-state index in [0.717, 1.165) is 10.1 Å². The van der Waals surface area contributed by atoms with E-state index in [1.54, 1.807) is 17.2 Å². The Balaban J connectivity index is 1.36. The highest BCUT2D eigenvalue weighted by Crippen LogP contribution is 2.37. The van der Waals surface area contributed by atoms with Crippen molar-refractivity contribution >= 4 is 72.9 Å². The van der Waals surface area contributed by atoms with E-state index in [1.165, 1.54) is 22.7 Å². The van der Waals surface area contributed by atoms with Gasteiger partial charge in [-0.05, 0) is 12.1 Å². The number of nitrogens with one attached hydrogen (secondary N) is 1. The zero-order chi connectivity index (χ0) is 19.7. The molecule has 1 aliphatic heterocycles. The molecule has 2 amide bonds. The second-order valence-corrected chi connectivity index (χ2v) is 9.10. The van der Waals surface area contributed by atoms with Gasteiger partial charge in [-0.3, -0.25) is 14.5 Å². The highest BCUT2D eigenvalue weighted by atomic mass is 35.5. The second-order valence-electron chi connectivity index (χ2n) is 6.34. The van der Waals surface area contributed by atoms with Gasteiger partial charge in [-0.25, -0.2) is 4.98 Å². The topological polar surface area (TPSA) is 65.5 Å². The van der Waals surface area contributed by atoms with Gasteiger partial charge >= 0.3 is 0 Å². The molecule has 0 atom stereocenters. The molecule has 3 heterocycles. The van der Waals surface area contributed by atoms with E-state index in [1.807, 2.05) is 22.4 Å². The predicted molar refractivity (Wildman–Crippen MR) is 115 cm³/mol. The first-order chi connectivity index (χ1) is 13.5. The number of thiazole rings is 1. The Morgan fingerprint density at radius 2 is 1.96 bits per heavy atom. The summed E-state index contributed by atoms with van der Waals surface area (Å²) in [6.07, 6.45) is 1.65. The molecule has 4 rings (SSSR count). The standard InChI is InChI=1S/C18H16Cl2N4O2S2/c19-11-1-2-12-13(9-11)28-16(15(12)20)17(26)24-6-4-23(5-7-24)10-14(25)22-18-21-3-8-27-18/h1-3,8-9H,4-7,10H2,(H,21,22,25). The normalized spacial score (nSPS) is 15.1. The van der Waals surface area contributed by atoms with Crippen LogP contribution in [0.25, 0.3) is 10.1 Å². The lowest BCUT2D eigenvalue weighted by molar-refractivity contribution is -0.117. The Hall–Kier alpha value is -1.71. The van der Waals surface area contributed by atoms with Crippen LogP contribution >= 0.6 is 45.9 Å². The fourth-order valence-electron chi connectivity index (χ4n) is 3.08. The van der Waals surface area contributed by atoms with Crippen molar-refractivity contribution in [3.05, 3.63) is 44.7 Å². The summed E-state index contributed by atoms with van der Waals surface area (Å²) in [5.74, 6) is -0.173. The van der Waals surface area contributed by atoms with Gasteiger partial charge in [0, 0.05) is 52.9 Å². The van der Waals surface area contributed by atoms with Crippen molar-refractivity contribution in [1.29, 1.82) is 0 Å². The molecular weight excluding hydrogens is 439 g/mol. The molecule has 0 aliphatic carbocycles. The minimum Gasteiger partial charge on any atom is -0.335 e. The maximum atomic E-state index is 12.9. The molecule has 10 heteroatoms. The summed E-state index contributed by atoms with van der Waals surface area (Å²) in [4.78, 5) is 33.4. The van der Waals surface area contributed by atoms with E-state index in [-0.39, 0.29) is 18.4 Å². The number of thiophene rings is 1. The van der Waals surface area contributed by atoms with Crippen molar-refractivity contribution in [3.8, 4) is 0 Å². The molecule has 0 spiro atoms. The number of piperazine rings is 1. The van der Waals surface area contributed by atoms with E-state index in [9.17, 15) is 9.59 Å². The molecule has 28 heavy (non-hydrogen) atoms. The number of amides is 2. The number of benzene rings is 1. The molecule has 1 aromatic carbocycles. The molecule has 0 radical (unpaired) electrons. The van der Waals surface area contributed by atoms with Crippen LogP contribution in [0.15, 0.2) is 29.8 Å². The molecule has 1 N–H and O–H groups in total. The summed E-state index contributed by atoms with van der Waals surface area (Å²) >= 11 is 15.2. The van der Waals surface area contributed by atoms with Gasteiger partial charge < -0.3 is 10.2 Å². The van der Waals surface area contributed by atoms with E-state index in [2.05, 4.69) is 10.3 Å². The van der Waals surface area contributed by atoms with Gasteiger partial charge in [-0.15, -0.1) is 22.7 Å². The van der Waals surface area contributed by atoms with Gasteiger partial charge in [0.1, 0.15) is 4.88 Å². The predicted octanol–water partition coefficient (Wildman–Crippen LogP) is 4.06. The highest BCUT2D eigenvalue weighted by molar-refractivity contribution is 7.21. The second kappa shape index (κ2) is 8.34. The summed E-state index contributed by atoms with van der Waals surface area (Å²) in [5, 5.41) is 7.13. The lowest BCUT2D eigenvalue weighted by atomic mass is 10.2. The number of carbonyl (C=O) groups is 2. The quantitative estimate of drug-likeness (QED) is 0.645. The van der Waals surface area contributed by atoms with Gasteiger partial charge in [0.2, 0.25) is 5.91 Å². The molecule has 6 nitrogen and oxygen atoms in total. The van der Waals surface area contributed by atoms with Crippen LogP contribution in [0.2, 0.25) is 10.0 Å². The van der Waals surface area contributed by atoms with Crippen molar-refractivity contribution in [2.24, 2.45) is 0 Å². The van der Waals surface area contributed by atoms with Gasteiger partial charge in [-0.2, -0.15) is 0 Å². The van der Waals surface area contributed by atoms with Crippen LogP contribution < -0.4 is 5.32 Å². The fraction of sp³-hybridized carbons (Fsp3) is 0.278. The molecule has 0 saturated carbocycles. The third kappa shape index (κ3) is 4.16. The summed E-state index contributed by atoms with van der Waals surface area (Å²) < 4.78 is 0.901. The van der Waals surface area contributed by atoms with Gasteiger partial charge in [0.15, 0.2) is 5.13 Å². The Labute approximate surface area is 179 Å². The number of anilines is 1.